The number of fused-ring (bicyclic) bond motifs is 1. The molecular formula is C34H44Li4. The van der Waals surface area contributed by atoms with E-state index in [2.05, 4.69) is 125 Å². The molecule has 0 saturated heterocycles. The number of rotatable bonds is 10. The monoisotopic (exact) mass is 480 g/mol. The molecule has 0 bridgehead atoms. The van der Waals surface area contributed by atoms with Gasteiger partial charge in [-0.2, -0.15) is 0 Å². The van der Waals surface area contributed by atoms with Crippen LogP contribution in [-0.4, -0.2) is 75.4 Å². The van der Waals surface area contributed by atoms with Crippen molar-refractivity contribution in [1.82, 2.24) is 0 Å². The maximum absolute atomic E-state index is 2.46. The molecule has 4 aromatic carbocycles. The molecule has 4 unspecified atom stereocenters. The van der Waals surface area contributed by atoms with Crippen molar-refractivity contribution < 1.29 is 0 Å². The summed E-state index contributed by atoms with van der Waals surface area (Å²) >= 11 is 0. The summed E-state index contributed by atoms with van der Waals surface area (Å²) < 4.78 is 0. The Hall–Kier alpha value is -0.470. The van der Waals surface area contributed by atoms with Gasteiger partial charge in [-0.1, -0.05) is 138 Å². The molecule has 0 aliphatic carbocycles. The van der Waals surface area contributed by atoms with Crippen molar-refractivity contribution in [3.05, 3.63) is 119 Å². The first-order chi connectivity index (χ1) is 16.6. The zero-order chi connectivity index (χ0) is 23.9. The molecule has 0 spiro atoms. The molecule has 0 fully saturated rings. The van der Waals surface area contributed by atoms with Gasteiger partial charge in [0.1, 0.15) is 0 Å². The van der Waals surface area contributed by atoms with E-state index in [4.69, 9.17) is 0 Å². The van der Waals surface area contributed by atoms with Crippen molar-refractivity contribution in [2.45, 2.75) is 65.2 Å². The summed E-state index contributed by atoms with van der Waals surface area (Å²) in [5.74, 6) is 2.28. The average Bonchev–Trinajstić information content (AvgIpc) is 2.90. The van der Waals surface area contributed by atoms with E-state index in [1.807, 2.05) is 0 Å². The summed E-state index contributed by atoms with van der Waals surface area (Å²) in [7, 11) is 0. The number of hydrogen-bond donors (Lipinski definition) is 0. The molecule has 0 aliphatic heterocycles. The van der Waals surface area contributed by atoms with E-state index in [9.17, 15) is 0 Å². The fourth-order valence-electron chi connectivity index (χ4n) is 5.16. The van der Waals surface area contributed by atoms with E-state index in [-0.39, 0.29) is 75.4 Å². The second-order valence-corrected chi connectivity index (χ2v) is 10.3. The second-order valence-electron chi connectivity index (χ2n) is 10.3. The van der Waals surface area contributed by atoms with Crippen LogP contribution in [0.3, 0.4) is 0 Å². The van der Waals surface area contributed by atoms with Gasteiger partial charge in [-0.05, 0) is 57.7 Å². The summed E-state index contributed by atoms with van der Waals surface area (Å²) in [6.45, 7) is 9.38. The van der Waals surface area contributed by atoms with Gasteiger partial charge in [0, 0.05) is 11.8 Å². The van der Waals surface area contributed by atoms with E-state index in [1.54, 1.807) is 0 Å². The van der Waals surface area contributed by atoms with Gasteiger partial charge in [-0.3, -0.25) is 0 Å². The van der Waals surface area contributed by atoms with Crippen LogP contribution in [0.25, 0.3) is 10.8 Å². The van der Waals surface area contributed by atoms with Crippen molar-refractivity contribution in [3.8, 4) is 0 Å². The zero-order valence-electron chi connectivity index (χ0n) is 21.4. The Morgan fingerprint density at radius 3 is 1.16 bits per heavy atom. The van der Waals surface area contributed by atoms with Gasteiger partial charge in [0.2, 0.25) is 0 Å². The van der Waals surface area contributed by atoms with Crippen molar-refractivity contribution >= 4 is 86.2 Å². The molecule has 4 aromatic rings. The molecule has 184 valence electrons. The summed E-state index contributed by atoms with van der Waals surface area (Å²) in [6, 6.07) is 36.4. The number of hydrogen-bond acceptors (Lipinski definition) is 0. The fraction of sp³-hybridized carbons (Fsp3) is 0.353. The third-order valence-corrected chi connectivity index (χ3v) is 7.77. The van der Waals surface area contributed by atoms with E-state index >= 15 is 0 Å². The van der Waals surface area contributed by atoms with Gasteiger partial charge in [0.25, 0.3) is 0 Å². The van der Waals surface area contributed by atoms with E-state index in [0.29, 0.717) is 23.7 Å². The Balaban J connectivity index is 0.00000342. The molecule has 0 N–H and O–H groups in total. The fourth-order valence-corrected chi connectivity index (χ4v) is 5.16. The minimum absolute atomic E-state index is 0. The van der Waals surface area contributed by atoms with Crippen LogP contribution in [0.5, 0.6) is 0 Å². The van der Waals surface area contributed by atoms with E-state index in [0.717, 1.165) is 0 Å². The Kier molecular flexibility index (Phi) is 18.6. The Morgan fingerprint density at radius 1 is 0.447 bits per heavy atom. The third-order valence-electron chi connectivity index (χ3n) is 7.77. The first kappa shape index (κ1) is 37.5. The van der Waals surface area contributed by atoms with Crippen LogP contribution >= 0.6 is 0 Å². The van der Waals surface area contributed by atoms with Gasteiger partial charge < -0.3 is 0 Å². The molecule has 38 heavy (non-hydrogen) atoms. The predicted octanol–water partition coefficient (Wildman–Crippen LogP) is 7.38. The van der Waals surface area contributed by atoms with Gasteiger partial charge in [0.05, 0.1) is 0 Å². The molecule has 0 nitrogen and oxygen atoms in total. The Bertz CT molecular complexity index is 1090. The normalized spacial score (nSPS) is 13.5. The van der Waals surface area contributed by atoms with Crippen molar-refractivity contribution in [2.24, 2.45) is 11.8 Å². The molecule has 4 atom stereocenters. The summed E-state index contributed by atoms with van der Waals surface area (Å²) in [4.78, 5) is 0. The SMILES string of the molecule is CCC(C)CC(c1ccccc1)c1ccc2ccc(C(CC(C)CC)c3ccccc3)cc2c1.[LiH].[LiH].[LiH].[LiH]. The zero-order valence-corrected chi connectivity index (χ0v) is 21.4. The van der Waals surface area contributed by atoms with Gasteiger partial charge in [-0.15, -0.1) is 0 Å². The Morgan fingerprint density at radius 2 is 0.816 bits per heavy atom. The standard InChI is InChI=1S/C34H40.4Li.4H/c1-5-25(3)21-33(28-13-9-7-10-14-28)30-19-17-27-18-20-31(24-32(27)23-30)34(22-26(4)6-2)29-15-11-8-12-16-29;;;;;;;;/h7-20,23-26,33-34H,5-6,21-22H2,1-4H3;;;;;;;;. The van der Waals surface area contributed by atoms with Crippen molar-refractivity contribution in [1.29, 1.82) is 0 Å². The summed E-state index contributed by atoms with van der Waals surface area (Å²) in [5, 5.41) is 2.70. The van der Waals surface area contributed by atoms with Crippen LogP contribution in [0, 0.1) is 11.8 Å². The molecule has 0 radical (unpaired) electrons. The van der Waals surface area contributed by atoms with Crippen molar-refractivity contribution in [2.75, 3.05) is 0 Å². The number of benzene rings is 4. The molecule has 0 aliphatic rings. The molecular weight excluding hydrogens is 436 g/mol. The van der Waals surface area contributed by atoms with Gasteiger partial charge in [-0.25, -0.2) is 0 Å². The van der Waals surface area contributed by atoms with Crippen LogP contribution in [0.1, 0.15) is 87.5 Å². The van der Waals surface area contributed by atoms with Gasteiger partial charge >= 0.3 is 75.4 Å². The second kappa shape index (κ2) is 18.8. The van der Waals surface area contributed by atoms with Crippen LogP contribution in [0.2, 0.25) is 0 Å². The average molecular weight is 480 g/mol. The molecule has 0 saturated carbocycles. The van der Waals surface area contributed by atoms with E-state index < -0.39 is 0 Å². The van der Waals surface area contributed by atoms with Gasteiger partial charge in [0.15, 0.2) is 0 Å². The molecule has 4 rings (SSSR count). The first-order valence-corrected chi connectivity index (χ1v) is 13.2. The topological polar surface area (TPSA) is 0 Å². The maximum atomic E-state index is 2.46. The third kappa shape index (κ3) is 9.87. The molecule has 4 heteroatoms. The quantitative estimate of drug-likeness (QED) is 0.208. The molecule has 0 amide bonds. The minimum atomic E-state index is 0. The summed E-state index contributed by atoms with van der Waals surface area (Å²) in [5.41, 5.74) is 5.73. The molecule has 0 heterocycles. The van der Waals surface area contributed by atoms with E-state index in [1.165, 1.54) is 58.7 Å². The summed E-state index contributed by atoms with van der Waals surface area (Å²) in [6.07, 6.45) is 4.81. The van der Waals surface area contributed by atoms with Crippen molar-refractivity contribution in [3.63, 3.8) is 0 Å². The Labute approximate surface area is 280 Å². The van der Waals surface area contributed by atoms with Crippen LogP contribution in [-0.2, 0) is 0 Å². The molecule has 0 aromatic heterocycles. The predicted molar refractivity (Wildman–Crippen MR) is 177 cm³/mol. The van der Waals surface area contributed by atoms with Crippen LogP contribution in [0.4, 0.5) is 0 Å². The van der Waals surface area contributed by atoms with Crippen LogP contribution in [0.15, 0.2) is 97.1 Å². The van der Waals surface area contributed by atoms with Crippen LogP contribution < -0.4 is 0 Å². The first-order valence-electron chi connectivity index (χ1n) is 13.2.